The van der Waals surface area contributed by atoms with Crippen molar-refractivity contribution in [3.8, 4) is 0 Å². The van der Waals surface area contributed by atoms with Crippen molar-refractivity contribution in [2.75, 3.05) is 0 Å². The first-order valence-electron chi connectivity index (χ1n) is 8.77. The molecule has 1 aliphatic carbocycles. The van der Waals surface area contributed by atoms with Gasteiger partial charge in [0.15, 0.2) is 0 Å². The van der Waals surface area contributed by atoms with Crippen LogP contribution in [0.3, 0.4) is 0 Å². The fourth-order valence-electron chi connectivity index (χ4n) is 3.50. The van der Waals surface area contributed by atoms with E-state index in [1.54, 1.807) is 0 Å². The first-order valence-corrected chi connectivity index (χ1v) is 9.53. The number of aliphatic hydroxyl groups is 1. The number of benzene rings is 2. The summed E-state index contributed by atoms with van der Waals surface area (Å²) in [4.78, 5) is 12.8. The van der Waals surface area contributed by atoms with Gasteiger partial charge in [-0.2, -0.15) is 0 Å². The van der Waals surface area contributed by atoms with E-state index in [0.717, 1.165) is 18.2 Å². The van der Waals surface area contributed by atoms with Crippen molar-refractivity contribution in [1.29, 1.82) is 0 Å². The minimum atomic E-state index is -1.53. The summed E-state index contributed by atoms with van der Waals surface area (Å²) in [5.74, 6) is -2.00. The molecule has 0 saturated heterocycles. The van der Waals surface area contributed by atoms with Gasteiger partial charge in [-0.3, -0.25) is 4.79 Å². The molecule has 1 saturated carbocycles. The summed E-state index contributed by atoms with van der Waals surface area (Å²) in [7, 11) is 0. The monoisotopic (exact) mass is 431 g/mol. The SMILES string of the molecule is O=C(NC(c1cccc(F)c1Cl)[C@]1(O)CC[C@@H](F)CC1)c1ccc(F)cc1Cl. The summed E-state index contributed by atoms with van der Waals surface area (Å²) >= 11 is 12.0. The Bertz CT molecular complexity index is 886. The maximum absolute atomic E-state index is 14.0. The standard InChI is InChI=1S/C20H18Cl2F3NO2/c21-15-10-12(24)4-5-13(15)19(27)26-18(14-2-1-3-16(25)17(14)22)20(28)8-6-11(23)7-9-20/h1-5,10-11,18,28H,6-9H2,(H,26,27)/t11-,18?,20+. The van der Waals surface area contributed by atoms with E-state index in [-0.39, 0.29) is 46.9 Å². The highest BCUT2D eigenvalue weighted by Gasteiger charge is 2.43. The Morgan fingerprint density at radius 2 is 1.86 bits per heavy atom. The lowest BCUT2D eigenvalue weighted by Gasteiger charge is -2.41. The van der Waals surface area contributed by atoms with Gasteiger partial charge in [0.1, 0.15) is 17.8 Å². The van der Waals surface area contributed by atoms with Gasteiger partial charge < -0.3 is 10.4 Å². The second-order valence-corrected chi connectivity index (χ2v) is 7.74. The van der Waals surface area contributed by atoms with E-state index in [2.05, 4.69) is 5.32 Å². The topological polar surface area (TPSA) is 49.3 Å². The van der Waals surface area contributed by atoms with Crippen molar-refractivity contribution >= 4 is 29.1 Å². The summed E-state index contributed by atoms with van der Waals surface area (Å²) in [5.41, 5.74) is -1.36. The van der Waals surface area contributed by atoms with E-state index in [0.29, 0.717) is 0 Å². The minimum absolute atomic E-state index is 0.0108. The average molecular weight is 432 g/mol. The van der Waals surface area contributed by atoms with Crippen LogP contribution in [0.5, 0.6) is 0 Å². The van der Waals surface area contributed by atoms with Gasteiger partial charge in [0.25, 0.3) is 5.91 Å². The third-order valence-electron chi connectivity index (χ3n) is 5.06. The first-order chi connectivity index (χ1) is 13.2. The van der Waals surface area contributed by atoms with Crippen LogP contribution in [-0.2, 0) is 0 Å². The van der Waals surface area contributed by atoms with Crippen LogP contribution in [0.2, 0.25) is 10.0 Å². The molecule has 3 nitrogen and oxygen atoms in total. The maximum atomic E-state index is 14.0. The predicted molar refractivity (Wildman–Crippen MR) is 101 cm³/mol. The number of hydrogen-bond donors (Lipinski definition) is 2. The Morgan fingerprint density at radius 1 is 1.18 bits per heavy atom. The average Bonchev–Trinajstić information content (AvgIpc) is 2.65. The number of nitrogens with one attached hydrogen (secondary N) is 1. The maximum Gasteiger partial charge on any atom is 0.253 e. The number of rotatable bonds is 4. The molecule has 2 aromatic rings. The largest absolute Gasteiger partial charge is 0.387 e. The fraction of sp³-hybridized carbons (Fsp3) is 0.350. The normalized spacial score (nSPS) is 23.3. The molecule has 0 heterocycles. The van der Waals surface area contributed by atoms with Gasteiger partial charge in [0.05, 0.1) is 27.3 Å². The highest BCUT2D eigenvalue weighted by atomic mass is 35.5. The van der Waals surface area contributed by atoms with E-state index in [9.17, 15) is 23.1 Å². The van der Waals surface area contributed by atoms with E-state index in [1.165, 1.54) is 18.2 Å². The molecule has 1 atom stereocenters. The first kappa shape index (κ1) is 21.0. The lowest BCUT2D eigenvalue weighted by molar-refractivity contribution is -0.0445. The molecule has 0 spiro atoms. The smallest absolute Gasteiger partial charge is 0.253 e. The molecule has 2 aromatic carbocycles. The number of alkyl halides is 1. The van der Waals surface area contributed by atoms with Crippen molar-refractivity contribution in [1.82, 2.24) is 5.32 Å². The zero-order valence-corrected chi connectivity index (χ0v) is 16.2. The van der Waals surface area contributed by atoms with Crippen LogP contribution in [0.25, 0.3) is 0 Å². The Balaban J connectivity index is 1.99. The molecule has 28 heavy (non-hydrogen) atoms. The van der Waals surface area contributed by atoms with Gasteiger partial charge in [-0.05, 0) is 55.5 Å². The summed E-state index contributed by atoms with van der Waals surface area (Å²) in [6.07, 6.45) is -0.724. The number of halogens is 5. The zero-order valence-electron chi connectivity index (χ0n) is 14.7. The lowest BCUT2D eigenvalue weighted by Crippen LogP contribution is -2.48. The third kappa shape index (κ3) is 4.29. The summed E-state index contributed by atoms with van der Waals surface area (Å²) in [5, 5.41) is 13.5. The summed E-state index contributed by atoms with van der Waals surface area (Å²) in [6, 6.07) is 6.23. The number of hydrogen-bond acceptors (Lipinski definition) is 2. The number of amides is 1. The van der Waals surface area contributed by atoms with Gasteiger partial charge in [-0.25, -0.2) is 13.2 Å². The molecule has 150 valence electrons. The number of carbonyl (C=O) groups is 1. The van der Waals surface area contributed by atoms with Crippen molar-refractivity contribution in [3.05, 3.63) is 69.2 Å². The van der Waals surface area contributed by atoms with Crippen LogP contribution >= 0.6 is 23.2 Å². The molecule has 1 unspecified atom stereocenters. The zero-order chi connectivity index (χ0) is 20.5. The molecule has 8 heteroatoms. The van der Waals surface area contributed by atoms with E-state index >= 15 is 0 Å². The predicted octanol–water partition coefficient (Wildman–Crippen LogP) is 5.39. The highest BCUT2D eigenvalue weighted by molar-refractivity contribution is 6.34. The van der Waals surface area contributed by atoms with Crippen molar-refractivity contribution in [2.24, 2.45) is 0 Å². The Labute approximate surface area is 170 Å². The molecule has 0 radical (unpaired) electrons. The van der Waals surface area contributed by atoms with Crippen LogP contribution in [0.15, 0.2) is 36.4 Å². The molecule has 0 aromatic heterocycles. The highest BCUT2D eigenvalue weighted by Crippen LogP contribution is 2.42. The summed E-state index contributed by atoms with van der Waals surface area (Å²) < 4.78 is 40.9. The van der Waals surface area contributed by atoms with Gasteiger partial charge in [-0.1, -0.05) is 35.3 Å². The van der Waals surface area contributed by atoms with Crippen LogP contribution in [-0.4, -0.2) is 22.8 Å². The molecule has 0 aliphatic heterocycles. The Kier molecular flexibility index (Phi) is 6.22. The van der Waals surface area contributed by atoms with Crippen molar-refractivity contribution in [2.45, 2.75) is 43.5 Å². The Hall–Kier alpha value is -1.76. The van der Waals surface area contributed by atoms with Gasteiger partial charge >= 0.3 is 0 Å². The van der Waals surface area contributed by atoms with Crippen LogP contribution in [0.4, 0.5) is 13.2 Å². The van der Waals surface area contributed by atoms with Crippen LogP contribution in [0, 0.1) is 11.6 Å². The van der Waals surface area contributed by atoms with Gasteiger partial charge in [0, 0.05) is 0 Å². The molecule has 3 rings (SSSR count). The van der Waals surface area contributed by atoms with Crippen molar-refractivity contribution in [3.63, 3.8) is 0 Å². The molecular weight excluding hydrogens is 414 g/mol. The van der Waals surface area contributed by atoms with Crippen molar-refractivity contribution < 1.29 is 23.1 Å². The Morgan fingerprint density at radius 3 is 2.50 bits per heavy atom. The molecular formula is C20H18Cl2F3NO2. The van der Waals surface area contributed by atoms with E-state index in [4.69, 9.17) is 23.2 Å². The molecule has 1 fully saturated rings. The van der Waals surface area contributed by atoms with Gasteiger partial charge in [0.2, 0.25) is 0 Å². The minimum Gasteiger partial charge on any atom is -0.387 e. The van der Waals surface area contributed by atoms with Crippen LogP contribution < -0.4 is 5.32 Å². The van der Waals surface area contributed by atoms with Crippen LogP contribution in [0.1, 0.15) is 47.6 Å². The lowest BCUT2D eigenvalue weighted by atomic mass is 9.76. The van der Waals surface area contributed by atoms with Gasteiger partial charge in [-0.15, -0.1) is 0 Å². The second-order valence-electron chi connectivity index (χ2n) is 6.95. The molecule has 2 N–H and O–H groups in total. The quantitative estimate of drug-likeness (QED) is 0.681. The third-order valence-corrected chi connectivity index (χ3v) is 5.77. The number of carbonyl (C=O) groups excluding carboxylic acids is 1. The fourth-order valence-corrected chi connectivity index (χ4v) is 3.99. The van der Waals surface area contributed by atoms with E-state index in [1.807, 2.05) is 0 Å². The molecule has 1 aliphatic rings. The molecule has 1 amide bonds. The molecule has 0 bridgehead atoms. The van der Waals surface area contributed by atoms with E-state index < -0.39 is 35.4 Å². The second kappa shape index (κ2) is 8.31. The summed E-state index contributed by atoms with van der Waals surface area (Å²) in [6.45, 7) is 0.